The van der Waals surface area contributed by atoms with Crippen LogP contribution in [0.15, 0.2) is 34.9 Å². The average Bonchev–Trinajstić information content (AvgIpc) is 3.17. The monoisotopic (exact) mass is 355 g/mol. The Bertz CT molecular complexity index is 971. The molecule has 4 rings (SSSR count). The predicted molar refractivity (Wildman–Crippen MR) is 97.2 cm³/mol. The molecule has 0 atom stereocenters. The summed E-state index contributed by atoms with van der Waals surface area (Å²) in [6.07, 6.45) is 3.73. The van der Waals surface area contributed by atoms with Gasteiger partial charge in [0.25, 0.3) is 5.91 Å². The number of nitrogens with zero attached hydrogens (tertiary/aromatic N) is 2. The highest BCUT2D eigenvalue weighted by molar-refractivity contribution is 6.33. The normalized spacial score (nSPS) is 12.6. The number of carbonyl (C=O) groups excluding carboxylic acids is 1. The number of fused-ring (bicyclic) bond motifs is 3. The van der Waals surface area contributed by atoms with Crippen LogP contribution in [0.3, 0.4) is 0 Å². The lowest BCUT2D eigenvalue weighted by molar-refractivity contribution is 0.0994. The molecule has 1 aromatic carbocycles. The van der Waals surface area contributed by atoms with Crippen LogP contribution in [-0.4, -0.2) is 15.7 Å². The maximum Gasteiger partial charge on any atom is 0.291 e. The Hall–Kier alpha value is -2.53. The zero-order valence-electron chi connectivity index (χ0n) is 14.1. The van der Waals surface area contributed by atoms with Crippen LogP contribution in [-0.2, 0) is 19.4 Å². The van der Waals surface area contributed by atoms with Gasteiger partial charge in [-0.2, -0.15) is 5.10 Å². The van der Waals surface area contributed by atoms with Crippen molar-refractivity contribution in [2.75, 3.05) is 5.32 Å². The number of rotatable bonds is 3. The highest BCUT2D eigenvalue weighted by atomic mass is 35.5. The number of nitrogens with one attached hydrogen (secondary N) is 1. The van der Waals surface area contributed by atoms with Gasteiger partial charge in [-0.05, 0) is 38.0 Å². The Kier molecular flexibility index (Phi) is 3.88. The fourth-order valence-electron chi connectivity index (χ4n) is 3.28. The van der Waals surface area contributed by atoms with Gasteiger partial charge in [-0.3, -0.25) is 9.48 Å². The third-order valence-electron chi connectivity index (χ3n) is 4.57. The van der Waals surface area contributed by atoms with Crippen LogP contribution in [0.5, 0.6) is 0 Å². The minimum Gasteiger partial charge on any atom is -0.455 e. The molecule has 2 heterocycles. The predicted octanol–water partition coefficient (Wildman–Crippen LogP) is 4.48. The first-order valence-electron chi connectivity index (χ1n) is 8.33. The number of hydrogen-bond donors (Lipinski definition) is 1. The molecule has 1 aliphatic rings. The van der Waals surface area contributed by atoms with Crippen molar-refractivity contribution in [1.82, 2.24) is 9.78 Å². The van der Waals surface area contributed by atoms with E-state index in [1.807, 2.05) is 23.7 Å². The van der Waals surface area contributed by atoms with E-state index >= 15 is 0 Å². The summed E-state index contributed by atoms with van der Waals surface area (Å²) in [4.78, 5) is 12.7. The Labute approximate surface area is 150 Å². The van der Waals surface area contributed by atoms with E-state index in [4.69, 9.17) is 16.0 Å². The van der Waals surface area contributed by atoms with Gasteiger partial charge in [-0.15, -0.1) is 0 Å². The first-order chi connectivity index (χ1) is 12.1. The molecule has 6 heteroatoms. The Morgan fingerprint density at radius 3 is 2.92 bits per heavy atom. The Morgan fingerprint density at radius 2 is 2.16 bits per heavy atom. The van der Waals surface area contributed by atoms with Gasteiger partial charge >= 0.3 is 0 Å². The molecule has 3 aromatic rings. The van der Waals surface area contributed by atoms with Crippen molar-refractivity contribution in [2.45, 2.75) is 33.2 Å². The van der Waals surface area contributed by atoms with E-state index in [0.717, 1.165) is 42.0 Å². The number of hydrogen-bond acceptors (Lipinski definition) is 3. The van der Waals surface area contributed by atoms with Gasteiger partial charge in [0.15, 0.2) is 5.76 Å². The smallest absolute Gasteiger partial charge is 0.291 e. The number of aromatic nitrogens is 2. The van der Waals surface area contributed by atoms with Crippen molar-refractivity contribution in [3.63, 3.8) is 0 Å². The van der Waals surface area contributed by atoms with Crippen molar-refractivity contribution in [1.29, 1.82) is 0 Å². The lowest BCUT2D eigenvalue weighted by Gasteiger charge is -2.09. The molecule has 0 fully saturated rings. The standard InChI is InChI=1S/C19H18ClN3O2/c1-3-23-10-12-8-9-15-16(17(12)22-23)11(2)18(25-15)19(24)21-14-7-5-4-6-13(14)20/h4-7,10H,3,8-9H2,1-2H3,(H,21,24). The highest BCUT2D eigenvalue weighted by Gasteiger charge is 2.29. The second-order valence-corrected chi connectivity index (χ2v) is 6.55. The minimum absolute atomic E-state index is 0.295. The van der Waals surface area contributed by atoms with E-state index in [-0.39, 0.29) is 5.91 Å². The van der Waals surface area contributed by atoms with Gasteiger partial charge in [0.05, 0.1) is 16.4 Å². The zero-order valence-corrected chi connectivity index (χ0v) is 14.9. The van der Waals surface area contributed by atoms with Crippen LogP contribution in [0.25, 0.3) is 11.3 Å². The molecule has 0 saturated carbocycles. The van der Waals surface area contributed by atoms with Crippen molar-refractivity contribution in [3.05, 3.63) is 58.1 Å². The first kappa shape index (κ1) is 16.0. The fourth-order valence-corrected chi connectivity index (χ4v) is 3.47. The highest BCUT2D eigenvalue weighted by Crippen LogP contribution is 2.38. The molecule has 5 nitrogen and oxygen atoms in total. The summed E-state index contributed by atoms with van der Waals surface area (Å²) in [6.45, 7) is 4.78. The lowest BCUT2D eigenvalue weighted by Crippen LogP contribution is -2.12. The summed E-state index contributed by atoms with van der Waals surface area (Å²) >= 11 is 6.12. The van der Waals surface area contributed by atoms with E-state index in [1.165, 1.54) is 5.56 Å². The number of furan rings is 1. The van der Waals surface area contributed by atoms with E-state index in [9.17, 15) is 4.79 Å². The third-order valence-corrected chi connectivity index (χ3v) is 4.90. The number of carbonyl (C=O) groups is 1. The molecule has 1 N–H and O–H groups in total. The van der Waals surface area contributed by atoms with Gasteiger partial charge in [0.2, 0.25) is 0 Å². The first-order valence-corrected chi connectivity index (χ1v) is 8.71. The minimum atomic E-state index is -0.295. The van der Waals surface area contributed by atoms with Crippen molar-refractivity contribution >= 4 is 23.2 Å². The molecule has 0 unspecified atom stereocenters. The summed E-state index contributed by atoms with van der Waals surface area (Å²) in [6, 6.07) is 7.14. The molecule has 1 aliphatic carbocycles. The maximum absolute atomic E-state index is 12.7. The van der Waals surface area contributed by atoms with E-state index < -0.39 is 0 Å². The number of para-hydroxylation sites is 1. The van der Waals surface area contributed by atoms with Crippen LogP contribution in [0.4, 0.5) is 5.69 Å². The van der Waals surface area contributed by atoms with Gasteiger partial charge < -0.3 is 9.73 Å². The number of halogens is 1. The summed E-state index contributed by atoms with van der Waals surface area (Å²) in [5.41, 5.74) is 4.48. The topological polar surface area (TPSA) is 60.1 Å². The van der Waals surface area contributed by atoms with Crippen molar-refractivity contribution < 1.29 is 9.21 Å². The lowest BCUT2D eigenvalue weighted by atomic mass is 9.93. The van der Waals surface area contributed by atoms with Crippen LogP contribution in [0, 0.1) is 6.92 Å². The summed E-state index contributed by atoms with van der Waals surface area (Å²) in [5, 5.41) is 7.97. The Balaban J connectivity index is 1.72. The largest absolute Gasteiger partial charge is 0.455 e. The zero-order chi connectivity index (χ0) is 17.6. The van der Waals surface area contributed by atoms with Crippen LogP contribution in [0.1, 0.15) is 34.4 Å². The second-order valence-electron chi connectivity index (χ2n) is 6.15. The summed E-state index contributed by atoms with van der Waals surface area (Å²) in [7, 11) is 0. The maximum atomic E-state index is 12.7. The van der Waals surface area contributed by atoms with Crippen LogP contribution >= 0.6 is 11.6 Å². The van der Waals surface area contributed by atoms with Crippen LogP contribution in [0.2, 0.25) is 5.02 Å². The average molecular weight is 356 g/mol. The van der Waals surface area contributed by atoms with Gasteiger partial charge in [-0.25, -0.2) is 0 Å². The SMILES string of the molecule is CCn1cc2c(n1)-c1c(oc(C(=O)Nc3ccccc3Cl)c1C)CC2. The van der Waals surface area contributed by atoms with Gasteiger partial charge in [-0.1, -0.05) is 23.7 Å². The van der Waals surface area contributed by atoms with Crippen molar-refractivity contribution in [2.24, 2.45) is 0 Å². The third kappa shape index (κ3) is 2.65. The van der Waals surface area contributed by atoms with Crippen molar-refractivity contribution in [3.8, 4) is 11.3 Å². The second kappa shape index (κ2) is 6.08. The van der Waals surface area contributed by atoms with Crippen LogP contribution < -0.4 is 5.32 Å². The molecule has 25 heavy (non-hydrogen) atoms. The van der Waals surface area contributed by atoms with Gasteiger partial charge in [0, 0.05) is 30.3 Å². The molecule has 1 amide bonds. The molecular formula is C19H18ClN3O2. The van der Waals surface area contributed by atoms with E-state index in [0.29, 0.717) is 16.5 Å². The number of anilines is 1. The van der Waals surface area contributed by atoms with E-state index in [1.54, 1.807) is 12.1 Å². The Morgan fingerprint density at radius 1 is 1.36 bits per heavy atom. The number of aryl methyl sites for hydroxylation is 3. The summed E-state index contributed by atoms with van der Waals surface area (Å²) < 4.78 is 7.83. The quantitative estimate of drug-likeness (QED) is 0.753. The fraction of sp³-hybridized carbons (Fsp3) is 0.263. The molecule has 128 valence electrons. The molecule has 0 radical (unpaired) electrons. The molecule has 2 aromatic heterocycles. The molecule has 0 aliphatic heterocycles. The molecular weight excluding hydrogens is 338 g/mol. The van der Waals surface area contributed by atoms with Gasteiger partial charge in [0.1, 0.15) is 5.76 Å². The number of benzene rings is 1. The molecule has 0 bridgehead atoms. The molecule has 0 spiro atoms. The number of amides is 1. The molecule has 0 saturated heterocycles. The summed E-state index contributed by atoms with van der Waals surface area (Å²) in [5.74, 6) is 0.857. The van der Waals surface area contributed by atoms with E-state index in [2.05, 4.69) is 23.5 Å².